The van der Waals surface area contributed by atoms with Crippen LogP contribution in [0.3, 0.4) is 0 Å². The normalized spacial score (nSPS) is 20.0. The van der Waals surface area contributed by atoms with Gasteiger partial charge in [-0.05, 0) is 56.1 Å². The van der Waals surface area contributed by atoms with Crippen LogP contribution in [0.25, 0.3) is 0 Å². The average molecular weight is 341 g/mol. The smallest absolute Gasteiger partial charge is 0.291 e. The molecule has 0 spiro atoms. The Kier molecular flexibility index (Phi) is 5.19. The standard InChI is InChI=1S/C19H23N3O3/c1-19(9-3-10-20-13-19)18(24)21-12-14-5-7-15(8-6-14)22-17(23)16-4-2-11-25-16/h2,4-8,11,20H,3,9-10,12-13H2,1H3,(H,21,24)(H,22,23). The van der Waals surface area contributed by atoms with Crippen molar-refractivity contribution in [1.82, 2.24) is 10.6 Å². The first-order valence-corrected chi connectivity index (χ1v) is 8.50. The summed E-state index contributed by atoms with van der Waals surface area (Å²) >= 11 is 0. The number of piperidine rings is 1. The van der Waals surface area contributed by atoms with E-state index in [4.69, 9.17) is 4.42 Å². The maximum atomic E-state index is 12.4. The Bertz CT molecular complexity index is 717. The van der Waals surface area contributed by atoms with Crippen molar-refractivity contribution in [3.63, 3.8) is 0 Å². The minimum absolute atomic E-state index is 0.0786. The van der Waals surface area contributed by atoms with Crippen LogP contribution in [0.4, 0.5) is 5.69 Å². The van der Waals surface area contributed by atoms with Crippen molar-refractivity contribution in [2.75, 3.05) is 18.4 Å². The minimum Gasteiger partial charge on any atom is -0.459 e. The van der Waals surface area contributed by atoms with Crippen molar-refractivity contribution in [2.24, 2.45) is 5.41 Å². The van der Waals surface area contributed by atoms with Crippen LogP contribution in [0.5, 0.6) is 0 Å². The van der Waals surface area contributed by atoms with Gasteiger partial charge in [-0.25, -0.2) is 0 Å². The zero-order chi connectivity index (χ0) is 17.7. The van der Waals surface area contributed by atoms with Gasteiger partial charge in [-0.3, -0.25) is 9.59 Å². The van der Waals surface area contributed by atoms with Crippen molar-refractivity contribution >= 4 is 17.5 Å². The molecule has 0 radical (unpaired) electrons. The van der Waals surface area contributed by atoms with Gasteiger partial charge in [-0.2, -0.15) is 0 Å². The van der Waals surface area contributed by atoms with Gasteiger partial charge in [0.05, 0.1) is 11.7 Å². The molecule has 2 heterocycles. The summed E-state index contributed by atoms with van der Waals surface area (Å²) in [5.74, 6) is 0.0596. The molecular formula is C19H23N3O3. The van der Waals surface area contributed by atoms with Gasteiger partial charge in [0.1, 0.15) is 0 Å². The molecule has 132 valence electrons. The molecule has 25 heavy (non-hydrogen) atoms. The summed E-state index contributed by atoms with van der Waals surface area (Å²) in [5, 5.41) is 9.06. The largest absolute Gasteiger partial charge is 0.459 e. The molecule has 6 heteroatoms. The second-order valence-corrected chi connectivity index (χ2v) is 6.65. The van der Waals surface area contributed by atoms with Crippen LogP contribution in [0.2, 0.25) is 0 Å². The van der Waals surface area contributed by atoms with Gasteiger partial charge in [0, 0.05) is 18.8 Å². The molecule has 1 saturated heterocycles. The molecule has 0 saturated carbocycles. The molecule has 0 aliphatic carbocycles. The predicted molar refractivity (Wildman–Crippen MR) is 95.2 cm³/mol. The van der Waals surface area contributed by atoms with E-state index in [9.17, 15) is 9.59 Å². The number of anilines is 1. The molecule has 0 bridgehead atoms. The van der Waals surface area contributed by atoms with E-state index < -0.39 is 0 Å². The monoisotopic (exact) mass is 341 g/mol. The number of hydrogen-bond donors (Lipinski definition) is 3. The lowest BCUT2D eigenvalue weighted by Gasteiger charge is -2.32. The van der Waals surface area contributed by atoms with Gasteiger partial charge >= 0.3 is 0 Å². The molecule has 1 unspecified atom stereocenters. The van der Waals surface area contributed by atoms with Gasteiger partial charge in [-0.1, -0.05) is 12.1 Å². The maximum Gasteiger partial charge on any atom is 0.291 e. The second-order valence-electron chi connectivity index (χ2n) is 6.65. The molecule has 2 amide bonds. The molecule has 2 aromatic rings. The van der Waals surface area contributed by atoms with Gasteiger partial charge in [0.2, 0.25) is 5.91 Å². The Balaban J connectivity index is 1.52. The van der Waals surface area contributed by atoms with Crippen LogP contribution in [-0.2, 0) is 11.3 Å². The number of carbonyl (C=O) groups is 2. The van der Waals surface area contributed by atoms with Gasteiger partial charge in [0.25, 0.3) is 5.91 Å². The summed E-state index contributed by atoms with van der Waals surface area (Å²) in [6.07, 6.45) is 3.39. The Morgan fingerprint density at radius 1 is 1.24 bits per heavy atom. The summed E-state index contributed by atoms with van der Waals surface area (Å²) < 4.78 is 5.06. The summed E-state index contributed by atoms with van der Waals surface area (Å²) in [4.78, 5) is 24.3. The molecule has 1 atom stereocenters. The lowest BCUT2D eigenvalue weighted by Crippen LogP contribution is -2.48. The molecule has 3 N–H and O–H groups in total. The van der Waals surface area contributed by atoms with Crippen LogP contribution < -0.4 is 16.0 Å². The number of benzene rings is 1. The lowest BCUT2D eigenvalue weighted by molar-refractivity contribution is -0.131. The lowest BCUT2D eigenvalue weighted by atomic mass is 9.82. The molecule has 1 aromatic carbocycles. The molecular weight excluding hydrogens is 318 g/mol. The Morgan fingerprint density at radius 3 is 2.68 bits per heavy atom. The number of rotatable bonds is 5. The average Bonchev–Trinajstić information content (AvgIpc) is 3.16. The zero-order valence-corrected chi connectivity index (χ0v) is 14.3. The van der Waals surface area contributed by atoms with Crippen molar-refractivity contribution in [2.45, 2.75) is 26.3 Å². The second kappa shape index (κ2) is 7.53. The molecule has 1 fully saturated rings. The Labute approximate surface area is 147 Å². The Hall–Kier alpha value is -2.60. The summed E-state index contributed by atoms with van der Waals surface area (Å²) in [5.41, 5.74) is 1.33. The quantitative estimate of drug-likeness (QED) is 0.780. The highest BCUT2D eigenvalue weighted by molar-refractivity contribution is 6.02. The van der Waals surface area contributed by atoms with Crippen LogP contribution >= 0.6 is 0 Å². The predicted octanol–water partition coefficient (Wildman–Crippen LogP) is 2.54. The van der Waals surface area contributed by atoms with Crippen molar-refractivity contribution in [1.29, 1.82) is 0 Å². The first-order valence-electron chi connectivity index (χ1n) is 8.50. The number of amides is 2. The third-order valence-corrected chi connectivity index (χ3v) is 4.56. The van der Waals surface area contributed by atoms with E-state index in [0.29, 0.717) is 12.2 Å². The van der Waals surface area contributed by atoms with Gasteiger partial charge < -0.3 is 20.4 Å². The van der Waals surface area contributed by atoms with E-state index in [0.717, 1.165) is 31.5 Å². The topological polar surface area (TPSA) is 83.4 Å². The highest BCUT2D eigenvalue weighted by atomic mass is 16.3. The van der Waals surface area contributed by atoms with E-state index in [1.54, 1.807) is 12.1 Å². The van der Waals surface area contributed by atoms with E-state index in [1.165, 1.54) is 6.26 Å². The first-order chi connectivity index (χ1) is 12.1. The summed E-state index contributed by atoms with van der Waals surface area (Å²) in [6, 6.07) is 10.7. The minimum atomic E-state index is -0.338. The Morgan fingerprint density at radius 2 is 2.04 bits per heavy atom. The fraction of sp³-hybridized carbons (Fsp3) is 0.368. The van der Waals surface area contributed by atoms with Crippen LogP contribution in [0.1, 0.15) is 35.9 Å². The van der Waals surface area contributed by atoms with Gasteiger partial charge in [-0.15, -0.1) is 0 Å². The number of nitrogens with one attached hydrogen (secondary N) is 3. The van der Waals surface area contributed by atoms with E-state index in [1.807, 2.05) is 31.2 Å². The zero-order valence-electron chi connectivity index (χ0n) is 14.3. The fourth-order valence-electron chi connectivity index (χ4n) is 2.95. The van der Waals surface area contributed by atoms with Crippen molar-refractivity contribution in [3.8, 4) is 0 Å². The number of furan rings is 1. The van der Waals surface area contributed by atoms with Crippen LogP contribution in [-0.4, -0.2) is 24.9 Å². The first kappa shape index (κ1) is 17.2. The van der Waals surface area contributed by atoms with E-state index in [-0.39, 0.29) is 23.0 Å². The van der Waals surface area contributed by atoms with E-state index in [2.05, 4.69) is 16.0 Å². The highest BCUT2D eigenvalue weighted by Gasteiger charge is 2.34. The molecule has 6 nitrogen and oxygen atoms in total. The molecule has 1 aromatic heterocycles. The third kappa shape index (κ3) is 4.28. The molecule has 3 rings (SSSR count). The summed E-state index contributed by atoms with van der Waals surface area (Å²) in [7, 11) is 0. The van der Waals surface area contributed by atoms with E-state index >= 15 is 0 Å². The maximum absolute atomic E-state index is 12.4. The number of carbonyl (C=O) groups excluding carboxylic acids is 2. The van der Waals surface area contributed by atoms with Crippen LogP contribution in [0, 0.1) is 5.41 Å². The van der Waals surface area contributed by atoms with Crippen LogP contribution in [0.15, 0.2) is 47.1 Å². The number of hydrogen-bond acceptors (Lipinski definition) is 4. The summed E-state index contributed by atoms with van der Waals surface area (Å²) in [6.45, 7) is 4.17. The SMILES string of the molecule is CC1(C(=O)NCc2ccc(NC(=O)c3ccco3)cc2)CCCNC1. The highest BCUT2D eigenvalue weighted by Crippen LogP contribution is 2.25. The molecule has 1 aliphatic rings. The third-order valence-electron chi connectivity index (χ3n) is 4.56. The fourth-order valence-corrected chi connectivity index (χ4v) is 2.95. The van der Waals surface area contributed by atoms with Crippen molar-refractivity contribution < 1.29 is 14.0 Å². The van der Waals surface area contributed by atoms with Crippen molar-refractivity contribution in [3.05, 3.63) is 54.0 Å². The molecule has 1 aliphatic heterocycles. The van der Waals surface area contributed by atoms with Gasteiger partial charge in [0.15, 0.2) is 5.76 Å².